The minimum absolute atomic E-state index is 0.0497. The molecule has 1 aromatic carbocycles. The summed E-state index contributed by atoms with van der Waals surface area (Å²) in [5.74, 6) is 0.0497. The van der Waals surface area contributed by atoms with Gasteiger partial charge in [0.2, 0.25) is 5.91 Å². The van der Waals surface area contributed by atoms with E-state index in [-0.39, 0.29) is 17.6 Å². The molecule has 0 spiro atoms. The lowest BCUT2D eigenvalue weighted by molar-refractivity contribution is -0.385. The van der Waals surface area contributed by atoms with Gasteiger partial charge in [0.1, 0.15) is 0 Å². The highest BCUT2D eigenvalue weighted by Crippen LogP contribution is 2.23. The summed E-state index contributed by atoms with van der Waals surface area (Å²) in [6.45, 7) is 2.43. The predicted octanol–water partition coefficient (Wildman–Crippen LogP) is 1.98. The zero-order chi connectivity index (χ0) is 13.8. The molecule has 1 fully saturated rings. The molecule has 1 amide bonds. The second kappa shape index (κ2) is 5.69. The maximum absolute atomic E-state index is 11.5. The van der Waals surface area contributed by atoms with Crippen molar-refractivity contribution < 1.29 is 9.72 Å². The number of amides is 1. The van der Waals surface area contributed by atoms with Crippen molar-refractivity contribution in [2.75, 3.05) is 11.9 Å². The van der Waals surface area contributed by atoms with E-state index in [1.807, 2.05) is 0 Å². The predicted molar refractivity (Wildman–Crippen MR) is 72.1 cm³/mol. The van der Waals surface area contributed by atoms with Crippen molar-refractivity contribution in [2.45, 2.75) is 32.2 Å². The average molecular weight is 263 g/mol. The smallest absolute Gasteiger partial charge is 0.272 e. The lowest BCUT2D eigenvalue weighted by atomic mass is 10.1. The van der Waals surface area contributed by atoms with Gasteiger partial charge in [0.25, 0.3) is 5.69 Å². The third kappa shape index (κ3) is 3.43. The van der Waals surface area contributed by atoms with Crippen LogP contribution in [0.5, 0.6) is 0 Å². The Kier molecular flexibility index (Phi) is 3.99. The first-order valence-corrected chi connectivity index (χ1v) is 6.34. The summed E-state index contributed by atoms with van der Waals surface area (Å²) in [6, 6.07) is 5.02. The van der Waals surface area contributed by atoms with Crippen LogP contribution in [0.1, 0.15) is 24.8 Å². The summed E-state index contributed by atoms with van der Waals surface area (Å²) in [6.07, 6.45) is 2.29. The van der Waals surface area contributed by atoms with Crippen LogP contribution < -0.4 is 10.6 Å². The van der Waals surface area contributed by atoms with Crippen LogP contribution in [0.4, 0.5) is 11.4 Å². The second-order valence-corrected chi connectivity index (χ2v) is 4.80. The molecule has 1 heterocycles. The fourth-order valence-electron chi connectivity index (χ4n) is 2.28. The number of carbonyl (C=O) groups is 1. The molecule has 0 saturated carbocycles. The van der Waals surface area contributed by atoms with E-state index in [1.54, 1.807) is 19.1 Å². The number of nitro groups is 1. The maximum Gasteiger partial charge on any atom is 0.272 e. The topological polar surface area (TPSA) is 84.3 Å². The van der Waals surface area contributed by atoms with E-state index in [0.717, 1.165) is 25.1 Å². The van der Waals surface area contributed by atoms with Crippen LogP contribution >= 0.6 is 0 Å². The number of carbonyl (C=O) groups excluding carboxylic acids is 1. The first-order chi connectivity index (χ1) is 9.06. The Morgan fingerprint density at radius 1 is 1.47 bits per heavy atom. The first kappa shape index (κ1) is 13.3. The highest BCUT2D eigenvalue weighted by molar-refractivity contribution is 5.77. The number of nitrogens with zero attached hydrogens (tertiary/aromatic N) is 1. The van der Waals surface area contributed by atoms with E-state index < -0.39 is 4.92 Å². The molecule has 19 heavy (non-hydrogen) atoms. The number of hydrogen-bond donors (Lipinski definition) is 2. The molecule has 1 aliphatic heterocycles. The third-order valence-electron chi connectivity index (χ3n) is 3.25. The van der Waals surface area contributed by atoms with Crippen LogP contribution in [0.3, 0.4) is 0 Å². The molecule has 1 atom stereocenters. The molecule has 0 aliphatic carbocycles. The normalized spacial score (nSPS) is 19.4. The van der Waals surface area contributed by atoms with E-state index in [2.05, 4.69) is 10.6 Å². The fraction of sp³-hybridized carbons (Fsp3) is 0.462. The second-order valence-electron chi connectivity index (χ2n) is 4.80. The van der Waals surface area contributed by atoms with Crippen LogP contribution in [0.2, 0.25) is 0 Å². The van der Waals surface area contributed by atoms with Crippen LogP contribution in [0, 0.1) is 17.0 Å². The Hall–Kier alpha value is -2.11. The van der Waals surface area contributed by atoms with Crippen molar-refractivity contribution in [3.63, 3.8) is 0 Å². The van der Waals surface area contributed by atoms with E-state index in [0.29, 0.717) is 12.0 Å². The lowest BCUT2D eigenvalue weighted by Crippen LogP contribution is -2.26. The molecular weight excluding hydrogens is 246 g/mol. The van der Waals surface area contributed by atoms with Gasteiger partial charge in [-0.15, -0.1) is 0 Å². The molecule has 6 nitrogen and oxygen atoms in total. The Labute approximate surface area is 111 Å². The van der Waals surface area contributed by atoms with Gasteiger partial charge < -0.3 is 10.6 Å². The minimum Gasteiger partial charge on any atom is -0.382 e. The summed E-state index contributed by atoms with van der Waals surface area (Å²) >= 11 is 0. The largest absolute Gasteiger partial charge is 0.382 e. The highest BCUT2D eigenvalue weighted by atomic mass is 16.6. The number of rotatable bonds is 3. The van der Waals surface area contributed by atoms with Crippen LogP contribution in [-0.2, 0) is 4.79 Å². The molecule has 0 aromatic heterocycles. The Morgan fingerprint density at radius 3 is 2.95 bits per heavy atom. The van der Waals surface area contributed by atoms with E-state index in [4.69, 9.17) is 0 Å². The monoisotopic (exact) mass is 263 g/mol. The van der Waals surface area contributed by atoms with Gasteiger partial charge >= 0.3 is 0 Å². The number of benzene rings is 1. The van der Waals surface area contributed by atoms with Crippen LogP contribution in [0.15, 0.2) is 18.2 Å². The standard InChI is InChI=1S/C13H17N3O3/c1-9-7-11(4-5-12(9)16(18)19)15-10-3-2-6-14-13(17)8-10/h4-5,7,10,15H,2-3,6,8H2,1H3,(H,14,17). The average Bonchev–Trinajstić information content (AvgIpc) is 2.53. The molecule has 1 saturated heterocycles. The number of nitro benzene ring substituents is 1. The zero-order valence-corrected chi connectivity index (χ0v) is 10.8. The van der Waals surface area contributed by atoms with Crippen molar-refractivity contribution in [3.05, 3.63) is 33.9 Å². The molecule has 2 rings (SSSR count). The molecule has 0 radical (unpaired) electrons. The molecule has 0 bridgehead atoms. The number of anilines is 1. The van der Waals surface area contributed by atoms with Gasteiger partial charge in [-0.3, -0.25) is 14.9 Å². The summed E-state index contributed by atoms with van der Waals surface area (Å²) in [5, 5.41) is 16.8. The van der Waals surface area contributed by atoms with Crippen molar-refractivity contribution >= 4 is 17.3 Å². The summed E-state index contributed by atoms with van der Waals surface area (Å²) in [7, 11) is 0. The van der Waals surface area contributed by atoms with Crippen LogP contribution in [-0.4, -0.2) is 23.4 Å². The third-order valence-corrected chi connectivity index (χ3v) is 3.25. The number of nitrogens with one attached hydrogen (secondary N) is 2. The maximum atomic E-state index is 11.5. The summed E-state index contributed by atoms with van der Waals surface area (Å²) < 4.78 is 0. The highest BCUT2D eigenvalue weighted by Gasteiger charge is 2.18. The van der Waals surface area contributed by atoms with Crippen molar-refractivity contribution in [1.82, 2.24) is 5.32 Å². The van der Waals surface area contributed by atoms with Gasteiger partial charge in [0.15, 0.2) is 0 Å². The molecule has 1 unspecified atom stereocenters. The molecule has 1 aliphatic rings. The summed E-state index contributed by atoms with van der Waals surface area (Å²) in [5.41, 5.74) is 1.56. The number of hydrogen-bond acceptors (Lipinski definition) is 4. The fourth-order valence-corrected chi connectivity index (χ4v) is 2.28. The van der Waals surface area contributed by atoms with Gasteiger partial charge in [-0.05, 0) is 31.9 Å². The molecular formula is C13H17N3O3. The number of aryl methyl sites for hydroxylation is 1. The van der Waals surface area contributed by atoms with Gasteiger partial charge in [0.05, 0.1) is 4.92 Å². The molecule has 102 valence electrons. The van der Waals surface area contributed by atoms with E-state index >= 15 is 0 Å². The van der Waals surface area contributed by atoms with Gasteiger partial charge in [-0.2, -0.15) is 0 Å². The van der Waals surface area contributed by atoms with Gasteiger partial charge in [-0.25, -0.2) is 0 Å². The van der Waals surface area contributed by atoms with Crippen molar-refractivity contribution in [2.24, 2.45) is 0 Å². The van der Waals surface area contributed by atoms with Crippen molar-refractivity contribution in [3.8, 4) is 0 Å². The van der Waals surface area contributed by atoms with Crippen molar-refractivity contribution in [1.29, 1.82) is 0 Å². The first-order valence-electron chi connectivity index (χ1n) is 6.34. The summed E-state index contributed by atoms with van der Waals surface area (Å²) in [4.78, 5) is 21.8. The van der Waals surface area contributed by atoms with Gasteiger partial charge in [0, 0.05) is 36.3 Å². The quantitative estimate of drug-likeness (QED) is 0.645. The minimum atomic E-state index is -0.391. The molecule has 6 heteroatoms. The van der Waals surface area contributed by atoms with E-state index in [1.165, 1.54) is 6.07 Å². The van der Waals surface area contributed by atoms with E-state index in [9.17, 15) is 14.9 Å². The Morgan fingerprint density at radius 2 is 2.26 bits per heavy atom. The zero-order valence-electron chi connectivity index (χ0n) is 10.8. The molecule has 2 N–H and O–H groups in total. The van der Waals surface area contributed by atoms with Crippen LogP contribution in [0.25, 0.3) is 0 Å². The molecule has 1 aromatic rings. The van der Waals surface area contributed by atoms with Gasteiger partial charge in [-0.1, -0.05) is 0 Å². The Balaban J connectivity index is 2.08. The SMILES string of the molecule is Cc1cc(NC2CCCNC(=O)C2)ccc1[N+](=O)[O-]. The lowest BCUT2D eigenvalue weighted by Gasteiger charge is -2.16. The Bertz CT molecular complexity index is 502.